The number of amides is 2. The molecule has 2 N–H and O–H groups in total. The molecule has 1 heterocycles. The van der Waals surface area contributed by atoms with Crippen molar-refractivity contribution >= 4 is 28.9 Å². The van der Waals surface area contributed by atoms with Crippen LogP contribution >= 0.6 is 0 Å². The van der Waals surface area contributed by atoms with E-state index in [-0.39, 0.29) is 24.4 Å². The molecule has 0 fully saturated rings. The van der Waals surface area contributed by atoms with Gasteiger partial charge in [0.1, 0.15) is 5.75 Å². The highest BCUT2D eigenvalue weighted by Gasteiger charge is 2.32. The van der Waals surface area contributed by atoms with Crippen molar-refractivity contribution in [2.45, 2.75) is 19.5 Å². The lowest BCUT2D eigenvalue weighted by Crippen LogP contribution is -2.46. The molecule has 148 valence electrons. The van der Waals surface area contributed by atoms with Crippen molar-refractivity contribution < 1.29 is 14.3 Å². The molecule has 0 spiro atoms. The van der Waals surface area contributed by atoms with Crippen LogP contribution in [0.5, 0.6) is 5.75 Å². The SMILES string of the molecule is COc1cc(C(=O)N2CCC(=O)N(C(C)N(C)C)c3ccccc32)ccc1N. The largest absolute Gasteiger partial charge is 0.495 e. The second-order valence-electron chi connectivity index (χ2n) is 7.01. The highest BCUT2D eigenvalue weighted by atomic mass is 16.5. The number of fused-ring (bicyclic) bond motifs is 1. The topological polar surface area (TPSA) is 79.1 Å². The summed E-state index contributed by atoms with van der Waals surface area (Å²) in [6.07, 6.45) is 0.102. The summed E-state index contributed by atoms with van der Waals surface area (Å²) < 4.78 is 5.25. The van der Waals surface area contributed by atoms with E-state index in [1.165, 1.54) is 7.11 Å². The summed E-state index contributed by atoms with van der Waals surface area (Å²) in [5, 5.41) is 0. The van der Waals surface area contributed by atoms with Crippen molar-refractivity contribution in [1.82, 2.24) is 4.90 Å². The Hall–Kier alpha value is -3.06. The standard InChI is InChI=1S/C21H26N4O3/c1-14(23(2)3)25-18-8-6-5-7-17(18)24(12-11-20(25)26)21(27)15-9-10-16(22)19(13-15)28-4/h5-10,13-14H,11-12,22H2,1-4H3. The predicted octanol–water partition coefficient (Wildman–Crippen LogP) is 2.57. The van der Waals surface area contributed by atoms with Gasteiger partial charge >= 0.3 is 0 Å². The lowest BCUT2D eigenvalue weighted by molar-refractivity contribution is -0.119. The summed E-state index contributed by atoms with van der Waals surface area (Å²) in [5.41, 5.74) is 8.24. The minimum absolute atomic E-state index is 0.0150. The van der Waals surface area contributed by atoms with Gasteiger partial charge in [0.25, 0.3) is 5.91 Å². The molecule has 0 aromatic heterocycles. The minimum atomic E-state index is -0.196. The number of nitrogen functional groups attached to an aromatic ring is 1. The second kappa shape index (κ2) is 7.90. The van der Waals surface area contributed by atoms with E-state index in [2.05, 4.69) is 0 Å². The average Bonchev–Trinajstić information content (AvgIpc) is 2.83. The van der Waals surface area contributed by atoms with E-state index in [0.29, 0.717) is 29.2 Å². The molecule has 3 rings (SSSR count). The predicted molar refractivity (Wildman–Crippen MR) is 111 cm³/mol. The Labute approximate surface area is 165 Å². The summed E-state index contributed by atoms with van der Waals surface area (Å²) in [6.45, 7) is 2.27. The maximum absolute atomic E-state index is 13.3. The van der Waals surface area contributed by atoms with Crippen LogP contribution in [-0.4, -0.2) is 50.6 Å². The zero-order valence-electron chi connectivity index (χ0n) is 16.7. The maximum Gasteiger partial charge on any atom is 0.258 e. The van der Waals surface area contributed by atoms with E-state index in [1.54, 1.807) is 28.0 Å². The van der Waals surface area contributed by atoms with Crippen LogP contribution in [0.2, 0.25) is 0 Å². The Balaban J connectivity index is 2.06. The molecular formula is C21H26N4O3. The summed E-state index contributed by atoms with van der Waals surface area (Å²) in [7, 11) is 5.37. The first kappa shape index (κ1) is 19.7. The third-order valence-electron chi connectivity index (χ3n) is 5.10. The number of anilines is 3. The van der Waals surface area contributed by atoms with Gasteiger partial charge in [0.05, 0.1) is 30.3 Å². The number of ether oxygens (including phenoxy) is 1. The van der Waals surface area contributed by atoms with Crippen molar-refractivity contribution in [1.29, 1.82) is 0 Å². The molecule has 1 atom stereocenters. The molecule has 1 unspecified atom stereocenters. The van der Waals surface area contributed by atoms with Crippen LogP contribution in [0.4, 0.5) is 17.1 Å². The Morgan fingerprint density at radius 2 is 1.86 bits per heavy atom. The van der Waals surface area contributed by atoms with Gasteiger partial charge < -0.3 is 15.4 Å². The van der Waals surface area contributed by atoms with Crippen LogP contribution in [0.3, 0.4) is 0 Å². The van der Waals surface area contributed by atoms with E-state index >= 15 is 0 Å². The Morgan fingerprint density at radius 1 is 1.18 bits per heavy atom. The number of methoxy groups -OCH3 is 1. The van der Waals surface area contributed by atoms with Crippen molar-refractivity contribution in [3.8, 4) is 5.75 Å². The van der Waals surface area contributed by atoms with E-state index in [9.17, 15) is 9.59 Å². The van der Waals surface area contributed by atoms with E-state index in [4.69, 9.17) is 10.5 Å². The lowest BCUT2D eigenvalue weighted by atomic mass is 10.1. The first-order chi connectivity index (χ1) is 13.3. The Bertz CT molecular complexity index is 897. The molecule has 0 saturated carbocycles. The van der Waals surface area contributed by atoms with Crippen LogP contribution in [0.25, 0.3) is 0 Å². The quantitative estimate of drug-likeness (QED) is 0.822. The number of nitrogens with zero attached hydrogens (tertiary/aromatic N) is 3. The lowest BCUT2D eigenvalue weighted by Gasteiger charge is -2.34. The molecule has 1 aliphatic heterocycles. The fourth-order valence-electron chi connectivity index (χ4n) is 3.33. The molecule has 2 aromatic carbocycles. The van der Waals surface area contributed by atoms with Crippen LogP contribution < -0.4 is 20.3 Å². The Morgan fingerprint density at radius 3 is 2.50 bits per heavy atom. The van der Waals surface area contributed by atoms with Crippen molar-refractivity contribution in [3.05, 3.63) is 48.0 Å². The second-order valence-corrected chi connectivity index (χ2v) is 7.01. The number of nitrogens with two attached hydrogens (primary N) is 1. The molecule has 7 nitrogen and oxygen atoms in total. The third kappa shape index (κ3) is 3.53. The molecule has 0 radical (unpaired) electrons. The van der Waals surface area contributed by atoms with E-state index in [0.717, 1.165) is 5.69 Å². The molecule has 0 saturated heterocycles. The summed E-state index contributed by atoms with van der Waals surface area (Å²) in [6, 6.07) is 12.5. The number of carbonyl (C=O) groups is 2. The first-order valence-electron chi connectivity index (χ1n) is 9.18. The van der Waals surface area contributed by atoms with Gasteiger partial charge in [-0.15, -0.1) is 0 Å². The number of benzene rings is 2. The summed E-state index contributed by atoms with van der Waals surface area (Å²) in [5.74, 6) is 0.240. The number of hydrogen-bond donors (Lipinski definition) is 1. The number of hydrogen-bond acceptors (Lipinski definition) is 5. The number of carbonyl (C=O) groups excluding carboxylic acids is 2. The molecule has 7 heteroatoms. The van der Waals surface area contributed by atoms with Crippen molar-refractivity contribution in [3.63, 3.8) is 0 Å². The highest BCUT2D eigenvalue weighted by molar-refractivity contribution is 6.11. The minimum Gasteiger partial charge on any atom is -0.495 e. The van der Waals surface area contributed by atoms with Gasteiger partial charge in [0, 0.05) is 18.5 Å². The van der Waals surface area contributed by atoms with E-state index in [1.807, 2.05) is 50.2 Å². The van der Waals surface area contributed by atoms with Crippen molar-refractivity contribution in [2.24, 2.45) is 0 Å². The zero-order chi connectivity index (χ0) is 20.4. The van der Waals surface area contributed by atoms with Crippen molar-refractivity contribution in [2.75, 3.05) is 43.3 Å². The first-order valence-corrected chi connectivity index (χ1v) is 9.18. The monoisotopic (exact) mass is 382 g/mol. The molecule has 1 aliphatic rings. The maximum atomic E-state index is 13.3. The molecular weight excluding hydrogens is 356 g/mol. The number of para-hydroxylation sites is 2. The van der Waals surface area contributed by atoms with Gasteiger partial charge in [0.2, 0.25) is 5.91 Å². The van der Waals surface area contributed by atoms with Gasteiger partial charge in [-0.2, -0.15) is 0 Å². The molecule has 0 bridgehead atoms. The summed E-state index contributed by atoms with van der Waals surface area (Å²) in [4.78, 5) is 31.6. The van der Waals surface area contributed by atoms with Crippen LogP contribution in [0, 0.1) is 0 Å². The smallest absolute Gasteiger partial charge is 0.258 e. The van der Waals surface area contributed by atoms with Crippen LogP contribution in [0.1, 0.15) is 23.7 Å². The van der Waals surface area contributed by atoms with Gasteiger partial charge in [-0.25, -0.2) is 0 Å². The molecule has 2 aromatic rings. The van der Waals surface area contributed by atoms with Crippen LogP contribution in [0.15, 0.2) is 42.5 Å². The van der Waals surface area contributed by atoms with Gasteiger partial charge in [0.15, 0.2) is 0 Å². The third-order valence-corrected chi connectivity index (χ3v) is 5.10. The molecule has 0 aliphatic carbocycles. The fraction of sp³-hybridized carbons (Fsp3) is 0.333. The average molecular weight is 382 g/mol. The van der Waals surface area contributed by atoms with E-state index < -0.39 is 0 Å². The summed E-state index contributed by atoms with van der Waals surface area (Å²) >= 11 is 0. The zero-order valence-corrected chi connectivity index (χ0v) is 16.7. The number of rotatable bonds is 4. The normalized spacial score (nSPS) is 15.2. The fourth-order valence-corrected chi connectivity index (χ4v) is 3.33. The van der Waals surface area contributed by atoms with Gasteiger partial charge in [-0.1, -0.05) is 12.1 Å². The van der Waals surface area contributed by atoms with Gasteiger partial charge in [-0.3, -0.25) is 19.4 Å². The molecule has 2 amide bonds. The highest BCUT2D eigenvalue weighted by Crippen LogP contribution is 2.35. The Kier molecular flexibility index (Phi) is 5.56. The van der Waals surface area contributed by atoms with Crippen LogP contribution in [-0.2, 0) is 4.79 Å². The van der Waals surface area contributed by atoms with Gasteiger partial charge in [-0.05, 0) is 51.4 Å². The molecule has 28 heavy (non-hydrogen) atoms.